The topological polar surface area (TPSA) is 72.2 Å². The van der Waals surface area contributed by atoms with Crippen molar-refractivity contribution in [1.82, 2.24) is 4.98 Å². The van der Waals surface area contributed by atoms with E-state index in [4.69, 9.17) is 0 Å². The van der Waals surface area contributed by atoms with Gasteiger partial charge in [0.2, 0.25) is 0 Å². The highest BCUT2D eigenvalue weighted by Gasteiger charge is 2.01. The first-order valence-corrected chi connectivity index (χ1v) is 2.70. The van der Waals surface area contributed by atoms with Gasteiger partial charge in [-0.25, -0.2) is 0 Å². The van der Waals surface area contributed by atoms with Crippen molar-refractivity contribution in [3.8, 4) is 0 Å². The second kappa shape index (κ2) is 2.35. The molecule has 0 aromatic carbocycles. The molecule has 0 aliphatic carbocycles. The van der Waals surface area contributed by atoms with Crippen LogP contribution in [0.1, 0.15) is 0 Å². The van der Waals surface area contributed by atoms with Crippen molar-refractivity contribution in [3.63, 3.8) is 0 Å². The molecule has 40 valence electrons. The monoisotopic (exact) mass is 118 g/mol. The molecule has 0 fully saturated rings. The summed E-state index contributed by atoms with van der Waals surface area (Å²) in [4.78, 5) is 21.9. The Balaban J connectivity index is 3.58. The zero-order chi connectivity index (χ0) is 5.86. The van der Waals surface area contributed by atoms with Crippen molar-refractivity contribution >= 4 is 22.2 Å². The molecule has 7 heavy (non-hydrogen) atoms. The number of primary amides is 1. The fourth-order valence-electron chi connectivity index (χ4n) is 0.123. The number of carbonyl (C=O) groups is 2. The Kier molecular flexibility index (Phi) is 2.07. The minimum absolute atomic E-state index is 0.470. The normalized spacial score (nSPS) is 8.00. The summed E-state index contributed by atoms with van der Waals surface area (Å²) >= 11 is 0. The maximum absolute atomic E-state index is 9.96. The molecule has 2 amide bonds. The van der Waals surface area contributed by atoms with Crippen LogP contribution >= 0.6 is 0 Å². The van der Waals surface area contributed by atoms with E-state index in [0.29, 0.717) is 10.4 Å². The van der Waals surface area contributed by atoms with Crippen molar-refractivity contribution in [1.29, 1.82) is 0 Å². The summed E-state index contributed by atoms with van der Waals surface area (Å²) in [6.07, 6.45) is 0. The van der Waals surface area contributed by atoms with E-state index in [2.05, 4.69) is 10.7 Å². The van der Waals surface area contributed by atoms with E-state index in [1.807, 2.05) is 0 Å². The van der Waals surface area contributed by atoms with Crippen molar-refractivity contribution in [3.05, 3.63) is 0 Å². The maximum atomic E-state index is 9.96. The molecular formula is C2H6N2O2Si. The summed E-state index contributed by atoms with van der Waals surface area (Å²) in [6.45, 7) is 0. The highest BCUT2D eigenvalue weighted by molar-refractivity contribution is 6.40. The predicted octanol–water partition coefficient (Wildman–Crippen LogP) is -3.13. The van der Waals surface area contributed by atoms with Crippen LogP contribution in [0.25, 0.3) is 0 Å². The maximum Gasteiger partial charge on any atom is 0.305 e. The van der Waals surface area contributed by atoms with Gasteiger partial charge in [-0.15, -0.1) is 0 Å². The zero-order valence-electron chi connectivity index (χ0n) is 3.89. The lowest BCUT2D eigenvalue weighted by atomic mass is 10.6. The smallest absolute Gasteiger partial charge is 0.305 e. The van der Waals surface area contributed by atoms with Crippen LogP contribution in [0.3, 0.4) is 0 Å². The van der Waals surface area contributed by atoms with Crippen molar-refractivity contribution in [2.24, 2.45) is 5.73 Å². The standard InChI is InChI=1S/C2H6N2O2Si/c3-1(5)2(6)4-7/h7H3,(H2,3,5)(H,4,6). The minimum Gasteiger partial charge on any atom is -0.383 e. The Labute approximate surface area is 43.6 Å². The van der Waals surface area contributed by atoms with Gasteiger partial charge in [0.05, 0.1) is 0 Å². The third-order valence-corrected chi connectivity index (χ3v) is 0.905. The molecule has 0 aliphatic rings. The predicted molar refractivity (Wildman–Crippen MR) is 27.3 cm³/mol. The van der Waals surface area contributed by atoms with Gasteiger partial charge in [0, 0.05) is 0 Å². The Hall–Kier alpha value is -0.843. The SMILES string of the molecule is NC(=O)C(=O)N[SiH3]. The summed E-state index contributed by atoms with van der Waals surface area (Å²) in [5.74, 6) is -1.62. The van der Waals surface area contributed by atoms with Gasteiger partial charge in [0.15, 0.2) is 0 Å². The van der Waals surface area contributed by atoms with Crippen LogP contribution in [0, 0.1) is 0 Å². The Morgan fingerprint density at radius 2 is 2.00 bits per heavy atom. The molecule has 0 saturated heterocycles. The van der Waals surface area contributed by atoms with Gasteiger partial charge < -0.3 is 10.7 Å². The van der Waals surface area contributed by atoms with Gasteiger partial charge in [-0.05, 0) is 0 Å². The van der Waals surface area contributed by atoms with Gasteiger partial charge in [-0.1, -0.05) is 0 Å². The molecule has 0 saturated carbocycles. The largest absolute Gasteiger partial charge is 0.383 e. The molecule has 0 radical (unpaired) electrons. The van der Waals surface area contributed by atoms with E-state index in [0.717, 1.165) is 0 Å². The molecule has 0 aliphatic heterocycles. The van der Waals surface area contributed by atoms with E-state index >= 15 is 0 Å². The fraction of sp³-hybridized carbons (Fsp3) is 0. The quantitative estimate of drug-likeness (QED) is 0.261. The first-order valence-electron chi connectivity index (χ1n) is 1.70. The van der Waals surface area contributed by atoms with Crippen LogP contribution in [-0.4, -0.2) is 22.2 Å². The second-order valence-electron chi connectivity index (χ2n) is 0.943. The number of nitrogens with one attached hydrogen (secondary N) is 1. The fourth-order valence-corrected chi connectivity index (χ4v) is 0.370. The molecular weight excluding hydrogens is 112 g/mol. The summed E-state index contributed by atoms with van der Waals surface area (Å²) in [5.41, 5.74) is 4.52. The second-order valence-corrected chi connectivity index (χ2v) is 1.44. The zero-order valence-corrected chi connectivity index (χ0v) is 5.89. The molecule has 0 heterocycles. The lowest BCUT2D eigenvalue weighted by Crippen LogP contribution is -2.34. The minimum atomic E-state index is -0.921. The van der Waals surface area contributed by atoms with Crippen molar-refractivity contribution in [2.45, 2.75) is 0 Å². The average Bonchev–Trinajstić information content (AvgIpc) is 1.65. The number of hydrogen-bond acceptors (Lipinski definition) is 2. The lowest BCUT2D eigenvalue weighted by molar-refractivity contribution is -0.136. The number of carbonyl (C=O) groups excluding carboxylic acids is 2. The molecule has 0 rings (SSSR count). The first-order chi connectivity index (χ1) is 3.18. The summed E-state index contributed by atoms with van der Waals surface area (Å²) < 4.78 is 0. The molecule has 0 unspecified atom stereocenters. The van der Waals surface area contributed by atoms with E-state index < -0.39 is 11.8 Å². The molecule has 0 bridgehead atoms. The van der Waals surface area contributed by atoms with Gasteiger partial charge in [0.1, 0.15) is 10.4 Å². The number of rotatable bonds is 0. The summed E-state index contributed by atoms with van der Waals surface area (Å²) in [7, 11) is 0.470. The molecule has 5 heteroatoms. The van der Waals surface area contributed by atoms with Crippen LogP contribution in [0.15, 0.2) is 0 Å². The molecule has 0 spiro atoms. The van der Waals surface area contributed by atoms with Crippen LogP contribution in [0.2, 0.25) is 0 Å². The average molecular weight is 118 g/mol. The number of amides is 2. The highest BCUT2D eigenvalue weighted by Crippen LogP contribution is 1.52. The van der Waals surface area contributed by atoms with Crippen LogP contribution in [0.4, 0.5) is 0 Å². The van der Waals surface area contributed by atoms with Gasteiger partial charge >= 0.3 is 11.8 Å². The van der Waals surface area contributed by atoms with E-state index in [1.165, 1.54) is 0 Å². The summed E-state index contributed by atoms with van der Waals surface area (Å²) in [5, 5.41) is 0. The molecule has 4 nitrogen and oxygen atoms in total. The molecule has 0 aromatic rings. The van der Waals surface area contributed by atoms with Crippen LogP contribution in [-0.2, 0) is 9.59 Å². The van der Waals surface area contributed by atoms with Gasteiger partial charge in [-0.3, -0.25) is 9.59 Å². The third-order valence-electron chi connectivity index (χ3n) is 0.451. The van der Waals surface area contributed by atoms with Crippen molar-refractivity contribution < 1.29 is 9.59 Å². The number of hydrogen-bond donors (Lipinski definition) is 2. The lowest BCUT2D eigenvalue weighted by Gasteiger charge is -1.87. The van der Waals surface area contributed by atoms with E-state index in [9.17, 15) is 9.59 Å². The van der Waals surface area contributed by atoms with Crippen molar-refractivity contribution in [2.75, 3.05) is 0 Å². The third kappa shape index (κ3) is 1.93. The Bertz CT molecular complexity index is 102. The van der Waals surface area contributed by atoms with E-state index in [-0.39, 0.29) is 0 Å². The first kappa shape index (κ1) is 6.16. The number of nitrogens with two attached hydrogens (primary N) is 1. The summed E-state index contributed by atoms with van der Waals surface area (Å²) in [6, 6.07) is 0. The van der Waals surface area contributed by atoms with Gasteiger partial charge in [0.25, 0.3) is 0 Å². The Morgan fingerprint density at radius 1 is 1.57 bits per heavy atom. The van der Waals surface area contributed by atoms with E-state index in [1.54, 1.807) is 0 Å². The molecule has 3 N–H and O–H groups in total. The molecule has 0 aromatic heterocycles. The molecule has 0 atom stereocenters. The van der Waals surface area contributed by atoms with Crippen LogP contribution < -0.4 is 10.7 Å². The Morgan fingerprint density at radius 3 is 2.00 bits per heavy atom. The highest BCUT2D eigenvalue weighted by atomic mass is 28.2. The van der Waals surface area contributed by atoms with Crippen LogP contribution in [0.5, 0.6) is 0 Å². The van der Waals surface area contributed by atoms with Gasteiger partial charge in [-0.2, -0.15) is 0 Å².